The van der Waals surface area contributed by atoms with E-state index in [9.17, 15) is 18.0 Å². The molecular weight excluding hydrogens is 382 g/mol. The van der Waals surface area contributed by atoms with Gasteiger partial charge in [0.25, 0.3) is 5.91 Å². The largest absolute Gasteiger partial charge is 0.496 e. The molecule has 2 amide bonds. The molecule has 1 fully saturated rings. The van der Waals surface area contributed by atoms with Crippen molar-refractivity contribution >= 4 is 21.8 Å². The molecule has 1 aliphatic rings. The van der Waals surface area contributed by atoms with E-state index in [0.29, 0.717) is 19.6 Å². The van der Waals surface area contributed by atoms with E-state index in [4.69, 9.17) is 4.74 Å². The van der Waals surface area contributed by atoms with Gasteiger partial charge in [-0.2, -0.15) is 4.31 Å². The van der Waals surface area contributed by atoms with Crippen LogP contribution in [0.1, 0.15) is 49.9 Å². The third kappa shape index (κ3) is 5.23. The lowest BCUT2D eigenvalue weighted by Gasteiger charge is -2.21. The Labute approximate surface area is 166 Å². The number of carbonyl (C=O) groups excluding carboxylic acids is 2. The summed E-state index contributed by atoms with van der Waals surface area (Å²) in [6.07, 6.45) is 3.68. The molecule has 0 bridgehead atoms. The van der Waals surface area contributed by atoms with E-state index in [1.54, 1.807) is 13.8 Å². The number of hydrogen-bond donors (Lipinski definition) is 2. The molecule has 156 valence electrons. The molecule has 1 atom stereocenters. The monoisotopic (exact) mass is 411 g/mol. The Kier molecular flexibility index (Phi) is 7.82. The van der Waals surface area contributed by atoms with Gasteiger partial charge in [0, 0.05) is 19.6 Å². The lowest BCUT2D eigenvalue weighted by atomic mass is 10.1. The molecule has 1 aliphatic heterocycles. The zero-order valence-electron chi connectivity index (χ0n) is 16.7. The number of rotatable bonds is 7. The van der Waals surface area contributed by atoms with Gasteiger partial charge in [-0.3, -0.25) is 9.59 Å². The van der Waals surface area contributed by atoms with E-state index in [1.165, 1.54) is 29.6 Å². The number of nitrogens with one attached hydrogen (secondary N) is 2. The summed E-state index contributed by atoms with van der Waals surface area (Å²) in [5, 5.41) is 5.21. The zero-order chi connectivity index (χ0) is 20.7. The number of nitrogens with zero attached hydrogens (tertiary/aromatic N) is 1. The SMILES string of the molecule is CCNC(=O)[C@@H](C)NC(=O)c1cc(S(=O)(=O)N2CCCCCC2)ccc1OC. The van der Waals surface area contributed by atoms with Crippen LogP contribution in [0.4, 0.5) is 0 Å². The van der Waals surface area contributed by atoms with Crippen LogP contribution in [-0.4, -0.2) is 57.3 Å². The first-order valence-electron chi connectivity index (χ1n) is 9.58. The van der Waals surface area contributed by atoms with Gasteiger partial charge in [0.2, 0.25) is 15.9 Å². The van der Waals surface area contributed by atoms with Gasteiger partial charge in [0.1, 0.15) is 11.8 Å². The van der Waals surface area contributed by atoms with Gasteiger partial charge in [-0.25, -0.2) is 8.42 Å². The van der Waals surface area contributed by atoms with Crippen LogP contribution < -0.4 is 15.4 Å². The predicted molar refractivity (Wildman–Crippen MR) is 106 cm³/mol. The van der Waals surface area contributed by atoms with E-state index < -0.39 is 22.0 Å². The number of amides is 2. The molecule has 0 spiro atoms. The van der Waals surface area contributed by atoms with Crippen LogP contribution in [0.15, 0.2) is 23.1 Å². The van der Waals surface area contributed by atoms with Crippen LogP contribution in [-0.2, 0) is 14.8 Å². The van der Waals surface area contributed by atoms with Gasteiger partial charge in [-0.1, -0.05) is 12.8 Å². The van der Waals surface area contributed by atoms with Gasteiger partial charge in [-0.15, -0.1) is 0 Å². The highest BCUT2D eigenvalue weighted by Gasteiger charge is 2.27. The summed E-state index contributed by atoms with van der Waals surface area (Å²) >= 11 is 0. The average Bonchev–Trinajstić information content (AvgIpc) is 2.97. The van der Waals surface area contributed by atoms with E-state index in [0.717, 1.165) is 25.7 Å². The standard InChI is InChI=1S/C19H29N3O5S/c1-4-20-18(23)14(2)21-19(24)16-13-15(9-10-17(16)27-3)28(25,26)22-11-7-5-6-8-12-22/h9-10,13-14H,4-8,11-12H2,1-3H3,(H,20,23)(H,21,24)/t14-/m1/s1. The van der Waals surface area contributed by atoms with Gasteiger partial charge in [-0.05, 0) is 44.9 Å². The van der Waals surface area contributed by atoms with Gasteiger partial charge in [0.15, 0.2) is 0 Å². The summed E-state index contributed by atoms with van der Waals surface area (Å²) in [5.41, 5.74) is 0.0783. The predicted octanol–water partition coefficient (Wildman–Crippen LogP) is 1.51. The minimum Gasteiger partial charge on any atom is -0.496 e. The van der Waals surface area contributed by atoms with Crippen LogP contribution in [0, 0.1) is 0 Å². The summed E-state index contributed by atoms with van der Waals surface area (Å²) in [5.74, 6) is -0.637. The summed E-state index contributed by atoms with van der Waals surface area (Å²) < 4.78 is 32.7. The molecule has 28 heavy (non-hydrogen) atoms. The van der Waals surface area contributed by atoms with Crippen molar-refractivity contribution in [1.29, 1.82) is 0 Å². The molecule has 0 aromatic heterocycles. The second-order valence-electron chi connectivity index (χ2n) is 6.77. The number of methoxy groups -OCH3 is 1. The molecule has 8 nitrogen and oxygen atoms in total. The maximum Gasteiger partial charge on any atom is 0.255 e. The second-order valence-corrected chi connectivity index (χ2v) is 8.71. The molecule has 0 radical (unpaired) electrons. The number of hydrogen-bond acceptors (Lipinski definition) is 5. The van der Waals surface area contributed by atoms with Crippen molar-refractivity contribution < 1.29 is 22.7 Å². The average molecular weight is 412 g/mol. The van der Waals surface area contributed by atoms with Gasteiger partial charge < -0.3 is 15.4 Å². The fourth-order valence-corrected chi connectivity index (χ4v) is 4.67. The van der Waals surface area contributed by atoms with Gasteiger partial charge in [0.05, 0.1) is 17.6 Å². The number of ether oxygens (including phenoxy) is 1. The minimum atomic E-state index is -3.70. The molecule has 1 aromatic rings. The van der Waals surface area contributed by atoms with Crippen LogP contribution in [0.5, 0.6) is 5.75 Å². The Bertz CT molecular complexity index is 802. The van der Waals surface area contributed by atoms with Crippen molar-refractivity contribution in [1.82, 2.24) is 14.9 Å². The summed E-state index contributed by atoms with van der Waals surface area (Å²) in [4.78, 5) is 24.6. The first kappa shape index (κ1) is 22.2. The molecule has 1 saturated heterocycles. The fraction of sp³-hybridized carbons (Fsp3) is 0.579. The highest BCUT2D eigenvalue weighted by atomic mass is 32.2. The second kappa shape index (κ2) is 9.88. The van der Waals surface area contributed by atoms with Crippen LogP contribution >= 0.6 is 0 Å². The molecule has 0 saturated carbocycles. The van der Waals surface area contributed by atoms with E-state index in [1.807, 2.05) is 0 Å². The molecule has 1 heterocycles. The number of benzene rings is 1. The summed E-state index contributed by atoms with van der Waals surface area (Å²) in [7, 11) is -2.30. The summed E-state index contributed by atoms with van der Waals surface area (Å²) in [6.45, 7) is 4.75. The quantitative estimate of drug-likeness (QED) is 0.708. The van der Waals surface area contributed by atoms with Crippen molar-refractivity contribution in [3.63, 3.8) is 0 Å². The lowest BCUT2D eigenvalue weighted by Crippen LogP contribution is -2.44. The molecule has 2 rings (SSSR count). The molecule has 0 unspecified atom stereocenters. The maximum absolute atomic E-state index is 13.0. The first-order chi connectivity index (χ1) is 13.3. The number of carbonyl (C=O) groups is 2. The lowest BCUT2D eigenvalue weighted by molar-refractivity contribution is -0.122. The molecule has 9 heteroatoms. The molecule has 2 N–H and O–H groups in total. The van der Waals surface area contributed by atoms with Crippen LogP contribution in [0.3, 0.4) is 0 Å². The number of likely N-dealkylation sites (N-methyl/N-ethyl adjacent to an activating group) is 1. The normalized spacial score (nSPS) is 16.7. The van der Waals surface area contributed by atoms with Crippen molar-refractivity contribution in [2.24, 2.45) is 0 Å². The first-order valence-corrected chi connectivity index (χ1v) is 11.0. The third-order valence-electron chi connectivity index (χ3n) is 4.71. The molecular formula is C19H29N3O5S. The minimum absolute atomic E-state index is 0.0472. The Morgan fingerprint density at radius 3 is 2.39 bits per heavy atom. The number of sulfonamides is 1. The third-order valence-corrected chi connectivity index (χ3v) is 6.60. The van der Waals surface area contributed by atoms with Gasteiger partial charge >= 0.3 is 0 Å². The zero-order valence-corrected chi connectivity index (χ0v) is 17.5. The Hall–Kier alpha value is -2.13. The van der Waals surface area contributed by atoms with E-state index in [-0.39, 0.29) is 22.1 Å². The highest BCUT2D eigenvalue weighted by molar-refractivity contribution is 7.89. The van der Waals surface area contributed by atoms with Crippen LogP contribution in [0.25, 0.3) is 0 Å². The smallest absolute Gasteiger partial charge is 0.255 e. The van der Waals surface area contributed by atoms with Crippen molar-refractivity contribution in [3.8, 4) is 5.75 Å². The van der Waals surface area contributed by atoms with E-state index in [2.05, 4.69) is 10.6 Å². The van der Waals surface area contributed by atoms with Crippen molar-refractivity contribution in [2.45, 2.75) is 50.5 Å². The molecule has 0 aliphatic carbocycles. The Morgan fingerprint density at radius 2 is 1.82 bits per heavy atom. The topological polar surface area (TPSA) is 105 Å². The van der Waals surface area contributed by atoms with E-state index >= 15 is 0 Å². The highest BCUT2D eigenvalue weighted by Crippen LogP contribution is 2.26. The van der Waals surface area contributed by atoms with Crippen molar-refractivity contribution in [2.75, 3.05) is 26.7 Å². The van der Waals surface area contributed by atoms with Crippen LogP contribution in [0.2, 0.25) is 0 Å². The Balaban J connectivity index is 2.30. The fourth-order valence-electron chi connectivity index (χ4n) is 3.12. The molecule has 1 aromatic carbocycles. The summed E-state index contributed by atoms with van der Waals surface area (Å²) in [6, 6.07) is 3.47. The Morgan fingerprint density at radius 1 is 1.18 bits per heavy atom. The maximum atomic E-state index is 13.0. The van der Waals surface area contributed by atoms with Crippen molar-refractivity contribution in [3.05, 3.63) is 23.8 Å².